The highest BCUT2D eigenvalue weighted by molar-refractivity contribution is 7.99. The molecule has 2 heterocycles. The summed E-state index contributed by atoms with van der Waals surface area (Å²) < 4.78 is 12.6. The number of non-ortho nitro benzene ring substituents is 1. The van der Waals surface area contributed by atoms with E-state index in [1.807, 2.05) is 12.1 Å². The van der Waals surface area contributed by atoms with Gasteiger partial charge in [-0.3, -0.25) is 24.3 Å². The summed E-state index contributed by atoms with van der Waals surface area (Å²) in [6.45, 7) is 1.96. The molecule has 2 amide bonds. The first kappa shape index (κ1) is 32.6. The van der Waals surface area contributed by atoms with E-state index < -0.39 is 16.8 Å². The molecule has 13 nitrogen and oxygen atoms in total. The van der Waals surface area contributed by atoms with Crippen LogP contribution in [0.5, 0.6) is 5.75 Å². The monoisotopic (exact) mass is 664 g/mol. The molecule has 1 aliphatic carbocycles. The Balaban J connectivity index is 1.35. The molecule has 2 aromatic heterocycles. The molecule has 240 valence electrons. The molecule has 2 aromatic carbocycles. The van der Waals surface area contributed by atoms with Crippen molar-refractivity contribution in [2.24, 2.45) is 0 Å². The number of carbonyl (C=O) groups excluding carboxylic acids is 3. The lowest BCUT2D eigenvalue weighted by Gasteiger charge is -2.14. The number of nitro benzene ring substituents is 1. The molecule has 0 aliphatic heterocycles. The van der Waals surface area contributed by atoms with Gasteiger partial charge in [-0.25, -0.2) is 4.79 Å². The molecule has 0 saturated heterocycles. The summed E-state index contributed by atoms with van der Waals surface area (Å²) >= 11 is 2.57. The number of ether oxygens (including phenoxy) is 2. The van der Waals surface area contributed by atoms with Gasteiger partial charge in [-0.2, -0.15) is 0 Å². The van der Waals surface area contributed by atoms with E-state index in [0.29, 0.717) is 33.0 Å². The zero-order valence-electron chi connectivity index (χ0n) is 25.2. The van der Waals surface area contributed by atoms with Crippen molar-refractivity contribution in [2.45, 2.75) is 50.7 Å². The Morgan fingerprint density at radius 1 is 1.07 bits per heavy atom. The van der Waals surface area contributed by atoms with Crippen LogP contribution in [0.3, 0.4) is 0 Å². The number of hydrogen-bond donors (Lipinski definition) is 2. The van der Waals surface area contributed by atoms with Gasteiger partial charge in [0.25, 0.3) is 11.6 Å². The maximum Gasteiger partial charge on any atom is 0.341 e. The number of anilines is 1. The van der Waals surface area contributed by atoms with Crippen molar-refractivity contribution in [1.29, 1.82) is 0 Å². The number of thioether (sulfide) groups is 1. The van der Waals surface area contributed by atoms with Gasteiger partial charge in [0.1, 0.15) is 10.8 Å². The molecular formula is C31H32N6O7S2. The standard InChI is InChI=1S/C31H32N6O7S2/c1-3-44-30(40)27-21-9-5-4-6-12-24(21)46-29(27)33-26(38)18-45-31-35-34-25(36(31)22-10-7-8-11-23(22)43-2)17-32-28(39)19-13-15-20(16-14-19)37(41)42/h7-8,10-11,13-16H,3-6,9,12,17-18H2,1-2H3,(H,32,39)(H,33,38). The van der Waals surface area contributed by atoms with Crippen molar-refractivity contribution in [1.82, 2.24) is 20.1 Å². The minimum absolute atomic E-state index is 0.0305. The summed E-state index contributed by atoms with van der Waals surface area (Å²) in [5, 5.41) is 26.1. The minimum atomic E-state index is -0.537. The first-order valence-corrected chi connectivity index (χ1v) is 16.5. The van der Waals surface area contributed by atoms with Crippen molar-refractivity contribution in [2.75, 3.05) is 24.8 Å². The van der Waals surface area contributed by atoms with Crippen LogP contribution < -0.4 is 15.4 Å². The highest BCUT2D eigenvalue weighted by atomic mass is 32.2. The van der Waals surface area contributed by atoms with Gasteiger partial charge in [0.15, 0.2) is 11.0 Å². The van der Waals surface area contributed by atoms with E-state index in [4.69, 9.17) is 9.47 Å². The second-order valence-corrected chi connectivity index (χ2v) is 12.3. The zero-order valence-corrected chi connectivity index (χ0v) is 26.9. The molecule has 4 aromatic rings. The van der Waals surface area contributed by atoms with Crippen LogP contribution in [0.25, 0.3) is 5.69 Å². The fourth-order valence-electron chi connectivity index (χ4n) is 5.10. The second-order valence-electron chi connectivity index (χ2n) is 10.2. The van der Waals surface area contributed by atoms with Crippen LogP contribution in [0, 0.1) is 10.1 Å². The third-order valence-corrected chi connectivity index (χ3v) is 9.40. The van der Waals surface area contributed by atoms with E-state index in [1.165, 1.54) is 42.7 Å². The number of thiophene rings is 1. The molecule has 0 radical (unpaired) electrons. The summed E-state index contributed by atoms with van der Waals surface area (Å²) in [5.41, 5.74) is 2.15. The fraction of sp³-hybridized carbons (Fsp3) is 0.323. The van der Waals surface area contributed by atoms with Crippen LogP contribution in [0.15, 0.2) is 53.7 Å². The molecule has 5 rings (SSSR count). The Hall–Kier alpha value is -4.76. The summed E-state index contributed by atoms with van der Waals surface area (Å²) in [6, 6.07) is 12.5. The second kappa shape index (κ2) is 15.0. The number of nitrogens with one attached hydrogen (secondary N) is 2. The third-order valence-electron chi connectivity index (χ3n) is 7.26. The number of para-hydroxylation sites is 2. The first-order valence-electron chi connectivity index (χ1n) is 14.6. The molecule has 2 N–H and O–H groups in total. The largest absolute Gasteiger partial charge is 0.495 e. The topological polar surface area (TPSA) is 168 Å². The number of esters is 1. The fourth-order valence-corrected chi connectivity index (χ4v) is 7.16. The van der Waals surface area contributed by atoms with Crippen molar-refractivity contribution in [3.8, 4) is 11.4 Å². The number of methoxy groups -OCH3 is 1. The van der Waals surface area contributed by atoms with Gasteiger partial charge in [-0.05, 0) is 62.4 Å². The van der Waals surface area contributed by atoms with Gasteiger partial charge in [-0.1, -0.05) is 30.3 Å². The quantitative estimate of drug-likeness (QED) is 0.0662. The van der Waals surface area contributed by atoms with Gasteiger partial charge in [-0.15, -0.1) is 21.5 Å². The van der Waals surface area contributed by atoms with E-state index in [2.05, 4.69) is 20.8 Å². The van der Waals surface area contributed by atoms with Gasteiger partial charge in [0.2, 0.25) is 5.91 Å². The van der Waals surface area contributed by atoms with Gasteiger partial charge in [0.05, 0.1) is 42.2 Å². The maximum atomic E-state index is 13.3. The summed E-state index contributed by atoms with van der Waals surface area (Å²) in [6.07, 6.45) is 4.75. The van der Waals surface area contributed by atoms with E-state index >= 15 is 0 Å². The number of rotatable bonds is 12. The normalized spacial score (nSPS) is 12.5. The average molecular weight is 665 g/mol. The number of hydrogen-bond acceptors (Lipinski definition) is 11. The lowest BCUT2D eigenvalue weighted by Crippen LogP contribution is -2.24. The van der Waals surface area contributed by atoms with E-state index in [1.54, 1.807) is 23.6 Å². The van der Waals surface area contributed by atoms with Crippen LogP contribution in [0.1, 0.15) is 63.2 Å². The number of aryl methyl sites for hydroxylation is 1. The lowest BCUT2D eigenvalue weighted by atomic mass is 10.1. The molecule has 1 aliphatic rings. The molecule has 46 heavy (non-hydrogen) atoms. The van der Waals surface area contributed by atoms with Gasteiger partial charge < -0.3 is 20.1 Å². The predicted octanol–water partition coefficient (Wildman–Crippen LogP) is 5.35. The molecule has 0 unspecified atom stereocenters. The highest BCUT2D eigenvalue weighted by Gasteiger charge is 2.27. The Morgan fingerprint density at radius 2 is 1.83 bits per heavy atom. The van der Waals surface area contributed by atoms with Crippen LogP contribution in [0.2, 0.25) is 0 Å². The number of aromatic nitrogens is 3. The first-order chi connectivity index (χ1) is 22.3. The maximum absolute atomic E-state index is 13.3. The summed E-state index contributed by atoms with van der Waals surface area (Å²) in [4.78, 5) is 50.5. The Bertz CT molecular complexity index is 1750. The molecule has 15 heteroatoms. The number of benzene rings is 2. The molecular weight excluding hydrogens is 633 g/mol. The molecule has 0 spiro atoms. The number of nitro groups is 1. The Kier molecular flexibility index (Phi) is 10.6. The molecule has 0 saturated carbocycles. The van der Waals surface area contributed by atoms with Crippen LogP contribution >= 0.6 is 23.1 Å². The van der Waals surface area contributed by atoms with E-state index in [-0.39, 0.29) is 36.1 Å². The Labute approximate surface area is 272 Å². The van der Waals surface area contributed by atoms with Gasteiger partial charge >= 0.3 is 5.97 Å². The molecule has 0 atom stereocenters. The van der Waals surface area contributed by atoms with E-state index in [9.17, 15) is 24.5 Å². The SMILES string of the molecule is CCOC(=O)c1c(NC(=O)CSc2nnc(CNC(=O)c3ccc([N+](=O)[O-])cc3)n2-c2ccccc2OC)sc2c1CCCCC2. The molecule has 0 fully saturated rings. The van der Waals surface area contributed by atoms with Crippen molar-refractivity contribution in [3.05, 3.63) is 86.0 Å². The van der Waals surface area contributed by atoms with Crippen LogP contribution in [0.4, 0.5) is 10.7 Å². The van der Waals surface area contributed by atoms with Crippen LogP contribution in [-0.4, -0.2) is 56.9 Å². The lowest BCUT2D eigenvalue weighted by molar-refractivity contribution is -0.384. The zero-order chi connectivity index (χ0) is 32.6. The highest BCUT2D eigenvalue weighted by Crippen LogP contribution is 2.38. The smallest absolute Gasteiger partial charge is 0.341 e. The van der Waals surface area contributed by atoms with Crippen molar-refractivity contribution >= 4 is 51.6 Å². The molecule has 0 bridgehead atoms. The minimum Gasteiger partial charge on any atom is -0.495 e. The average Bonchev–Trinajstić information content (AvgIpc) is 3.54. The third kappa shape index (κ3) is 7.37. The van der Waals surface area contributed by atoms with Crippen molar-refractivity contribution < 1.29 is 28.8 Å². The number of nitrogens with zero attached hydrogens (tertiary/aromatic N) is 4. The summed E-state index contributed by atoms with van der Waals surface area (Å²) in [5.74, 6) is -0.349. The number of amides is 2. The van der Waals surface area contributed by atoms with Crippen LogP contribution in [-0.2, 0) is 28.9 Å². The number of carbonyl (C=O) groups is 3. The summed E-state index contributed by atoms with van der Waals surface area (Å²) in [7, 11) is 1.53. The van der Waals surface area contributed by atoms with Crippen molar-refractivity contribution in [3.63, 3.8) is 0 Å². The van der Waals surface area contributed by atoms with Gasteiger partial charge in [0, 0.05) is 22.6 Å². The Morgan fingerprint density at radius 3 is 2.57 bits per heavy atom. The predicted molar refractivity (Wildman–Crippen MR) is 173 cm³/mol. The number of fused-ring (bicyclic) bond motifs is 1. The van der Waals surface area contributed by atoms with E-state index in [0.717, 1.165) is 54.3 Å².